The van der Waals surface area contributed by atoms with Gasteiger partial charge in [0.25, 0.3) is 5.91 Å². The lowest BCUT2D eigenvalue weighted by Crippen LogP contribution is -2.35. The van der Waals surface area contributed by atoms with Crippen LogP contribution in [-0.2, 0) is 4.79 Å². The number of rotatable bonds is 9. The van der Waals surface area contributed by atoms with Gasteiger partial charge in [-0.2, -0.15) is 15.1 Å². The van der Waals surface area contributed by atoms with E-state index in [1.54, 1.807) is 6.08 Å². The summed E-state index contributed by atoms with van der Waals surface area (Å²) in [7, 11) is 0. The summed E-state index contributed by atoms with van der Waals surface area (Å²) in [5, 5.41) is 15.8. The van der Waals surface area contributed by atoms with Crippen LogP contribution in [0.3, 0.4) is 0 Å². The lowest BCUT2D eigenvalue weighted by molar-refractivity contribution is -0.114. The molecule has 0 unspecified atom stereocenters. The molecular formula is C26H28N4O3S. The highest BCUT2D eigenvalue weighted by atomic mass is 32.2. The van der Waals surface area contributed by atoms with E-state index < -0.39 is 5.91 Å². The second-order valence-electron chi connectivity index (χ2n) is 8.21. The van der Waals surface area contributed by atoms with Crippen LogP contribution in [-0.4, -0.2) is 40.2 Å². The molecule has 4 rings (SSSR count). The maximum absolute atomic E-state index is 12.6. The van der Waals surface area contributed by atoms with Crippen molar-refractivity contribution in [3.8, 4) is 11.5 Å². The van der Waals surface area contributed by atoms with Crippen molar-refractivity contribution in [2.45, 2.75) is 40.0 Å². The number of fused-ring (bicyclic) bond motifs is 1. The van der Waals surface area contributed by atoms with Gasteiger partial charge >= 0.3 is 0 Å². The maximum atomic E-state index is 12.6. The first-order valence-electron chi connectivity index (χ1n) is 11.4. The van der Waals surface area contributed by atoms with Crippen molar-refractivity contribution >= 4 is 39.8 Å². The summed E-state index contributed by atoms with van der Waals surface area (Å²) in [5.74, 6) is 1.11. The van der Waals surface area contributed by atoms with E-state index in [9.17, 15) is 4.79 Å². The van der Waals surface area contributed by atoms with Crippen molar-refractivity contribution < 1.29 is 14.3 Å². The van der Waals surface area contributed by atoms with Gasteiger partial charge in [0.15, 0.2) is 5.84 Å². The fourth-order valence-electron chi connectivity index (χ4n) is 3.66. The highest BCUT2D eigenvalue weighted by molar-refractivity contribution is 8.26. The smallest absolute Gasteiger partial charge is 0.283 e. The molecule has 0 fully saturated rings. The second kappa shape index (κ2) is 10.7. The highest BCUT2D eigenvalue weighted by Crippen LogP contribution is 2.30. The van der Waals surface area contributed by atoms with Crippen molar-refractivity contribution in [1.29, 1.82) is 5.41 Å². The normalized spacial score (nSPS) is 16.4. The van der Waals surface area contributed by atoms with E-state index in [0.29, 0.717) is 24.1 Å². The minimum Gasteiger partial charge on any atom is -0.490 e. The molecule has 34 heavy (non-hydrogen) atoms. The van der Waals surface area contributed by atoms with Crippen LogP contribution < -0.4 is 9.47 Å². The molecule has 0 saturated heterocycles. The molecule has 0 atom stereocenters. The van der Waals surface area contributed by atoms with E-state index in [4.69, 9.17) is 14.9 Å². The molecule has 2 heterocycles. The number of carbonyl (C=O) groups is 1. The molecule has 1 N–H and O–H groups in total. The van der Waals surface area contributed by atoms with E-state index >= 15 is 0 Å². The Morgan fingerprint density at radius 1 is 1.06 bits per heavy atom. The molecule has 0 bridgehead atoms. The first-order valence-corrected chi connectivity index (χ1v) is 12.2. The van der Waals surface area contributed by atoms with Gasteiger partial charge in [0, 0.05) is 0 Å². The lowest BCUT2D eigenvalue weighted by Gasteiger charge is -2.20. The number of benzene rings is 2. The Labute approximate surface area is 204 Å². The zero-order valence-electron chi connectivity index (χ0n) is 19.6. The standard InChI is InChI=1S/C26H28N4O3S/c1-4-5-9-23-29-30-24(27)22(25(31)28-26(30)34-23)16-19-7-6-8-20(15-19)32-10-11-33-21-13-17(2)12-18(3)14-21/h6-8,12-16,27H,4-5,9-11H2,1-3H3. The van der Waals surface area contributed by atoms with Crippen LogP contribution in [0.15, 0.2) is 58.1 Å². The van der Waals surface area contributed by atoms with Gasteiger partial charge in [-0.25, -0.2) is 0 Å². The average molecular weight is 477 g/mol. The van der Waals surface area contributed by atoms with Crippen LogP contribution in [0.2, 0.25) is 0 Å². The molecule has 176 valence electrons. The number of carbonyl (C=O) groups excluding carboxylic acids is 1. The van der Waals surface area contributed by atoms with E-state index in [2.05, 4.69) is 23.1 Å². The summed E-state index contributed by atoms with van der Waals surface area (Å²) in [4.78, 5) is 16.8. The van der Waals surface area contributed by atoms with Crippen molar-refractivity contribution in [3.05, 3.63) is 64.7 Å². The molecular weight excluding hydrogens is 448 g/mol. The number of amidine groups is 2. The van der Waals surface area contributed by atoms with Crippen LogP contribution in [0, 0.1) is 19.3 Å². The predicted molar refractivity (Wildman–Crippen MR) is 138 cm³/mol. The minimum absolute atomic E-state index is 0.0437. The molecule has 2 aliphatic rings. The van der Waals surface area contributed by atoms with Crippen molar-refractivity contribution in [3.63, 3.8) is 0 Å². The summed E-state index contributed by atoms with van der Waals surface area (Å²) >= 11 is 1.37. The number of unbranched alkanes of at least 4 members (excludes halogenated alkanes) is 1. The topological polar surface area (TPSA) is 87.3 Å². The number of nitrogens with zero attached hydrogens (tertiary/aromatic N) is 3. The molecule has 2 aliphatic heterocycles. The molecule has 0 radical (unpaired) electrons. The third kappa shape index (κ3) is 5.75. The number of ether oxygens (including phenoxy) is 2. The zero-order chi connectivity index (χ0) is 24.1. The largest absolute Gasteiger partial charge is 0.490 e. The monoisotopic (exact) mass is 476 g/mol. The number of hydrogen-bond acceptors (Lipinski definition) is 6. The molecule has 8 heteroatoms. The van der Waals surface area contributed by atoms with E-state index in [0.717, 1.165) is 46.7 Å². The molecule has 7 nitrogen and oxygen atoms in total. The van der Waals surface area contributed by atoms with Crippen molar-refractivity contribution in [2.24, 2.45) is 10.1 Å². The SMILES string of the molecule is CCCCC1=NN2C(=N)C(=Cc3cccc(OCCOc4cc(C)cc(C)c4)c3)C(=O)N=C2S1. The van der Waals surface area contributed by atoms with Crippen LogP contribution in [0.25, 0.3) is 6.08 Å². The van der Waals surface area contributed by atoms with E-state index in [-0.39, 0.29) is 11.4 Å². The number of nitrogens with one attached hydrogen (secondary N) is 1. The quantitative estimate of drug-likeness (QED) is 0.378. The Kier molecular flexibility index (Phi) is 7.47. The fourth-order valence-corrected chi connectivity index (χ4v) is 4.58. The number of hydrazone groups is 1. The van der Waals surface area contributed by atoms with E-state index in [1.807, 2.05) is 50.2 Å². The Morgan fingerprint density at radius 3 is 2.53 bits per heavy atom. The minimum atomic E-state index is -0.427. The number of amides is 1. The molecule has 0 aliphatic carbocycles. The van der Waals surface area contributed by atoms with E-state index in [1.165, 1.54) is 16.8 Å². The van der Waals surface area contributed by atoms with Gasteiger partial charge in [0.05, 0.1) is 5.57 Å². The maximum Gasteiger partial charge on any atom is 0.283 e. The Morgan fingerprint density at radius 2 is 1.79 bits per heavy atom. The number of hydrogen-bond donors (Lipinski definition) is 1. The number of aliphatic imine (C=N–C) groups is 1. The first kappa shape index (κ1) is 23.8. The second-order valence-corrected chi connectivity index (χ2v) is 9.25. The lowest BCUT2D eigenvalue weighted by atomic mass is 10.1. The summed E-state index contributed by atoms with van der Waals surface area (Å²) in [6.45, 7) is 7.00. The van der Waals surface area contributed by atoms with Crippen molar-refractivity contribution in [1.82, 2.24) is 5.01 Å². The molecule has 2 aromatic carbocycles. The van der Waals surface area contributed by atoms with Crippen molar-refractivity contribution in [2.75, 3.05) is 13.2 Å². The Balaban J connectivity index is 1.39. The summed E-state index contributed by atoms with van der Waals surface area (Å²) < 4.78 is 11.6. The highest BCUT2D eigenvalue weighted by Gasteiger charge is 2.35. The molecule has 0 saturated carbocycles. The number of aryl methyl sites for hydroxylation is 2. The molecule has 0 aromatic heterocycles. The third-order valence-electron chi connectivity index (χ3n) is 5.23. The van der Waals surface area contributed by atoms with Gasteiger partial charge in [-0.3, -0.25) is 10.2 Å². The van der Waals surface area contributed by atoms with Crippen LogP contribution >= 0.6 is 11.8 Å². The Bertz CT molecular complexity index is 1180. The molecule has 2 aromatic rings. The Hall–Kier alpha value is -3.39. The van der Waals surface area contributed by atoms with Gasteiger partial charge in [0.2, 0.25) is 5.17 Å². The van der Waals surface area contributed by atoms with Gasteiger partial charge in [-0.1, -0.05) is 31.5 Å². The third-order valence-corrected chi connectivity index (χ3v) is 6.19. The van der Waals surface area contributed by atoms with Crippen LogP contribution in [0.4, 0.5) is 0 Å². The summed E-state index contributed by atoms with van der Waals surface area (Å²) in [5.41, 5.74) is 3.28. The summed E-state index contributed by atoms with van der Waals surface area (Å²) in [6, 6.07) is 13.5. The zero-order valence-corrected chi connectivity index (χ0v) is 20.4. The predicted octanol–water partition coefficient (Wildman–Crippen LogP) is 5.57. The van der Waals surface area contributed by atoms with Gasteiger partial charge in [0.1, 0.15) is 29.8 Å². The van der Waals surface area contributed by atoms with Gasteiger partial charge in [-0.15, -0.1) is 0 Å². The van der Waals surface area contributed by atoms with Crippen LogP contribution in [0.5, 0.6) is 11.5 Å². The number of thioether (sulfide) groups is 1. The molecule has 0 spiro atoms. The molecule has 1 amide bonds. The fraction of sp³-hybridized carbons (Fsp3) is 0.308. The summed E-state index contributed by atoms with van der Waals surface area (Å²) in [6.07, 6.45) is 4.56. The average Bonchev–Trinajstić information content (AvgIpc) is 3.21. The first-order chi connectivity index (χ1) is 16.4. The van der Waals surface area contributed by atoms with Gasteiger partial charge in [-0.05, 0) is 85.5 Å². The van der Waals surface area contributed by atoms with Crippen LogP contribution in [0.1, 0.15) is 42.9 Å². The van der Waals surface area contributed by atoms with Gasteiger partial charge < -0.3 is 9.47 Å².